The lowest BCUT2D eigenvalue weighted by molar-refractivity contribution is 0.241. The molecule has 0 aromatic rings. The van der Waals surface area contributed by atoms with Gasteiger partial charge in [-0.25, -0.2) is 0 Å². The molecule has 0 amide bonds. The average molecular weight is 278 g/mol. The topological polar surface area (TPSA) is 36.5 Å². The van der Waals surface area contributed by atoms with Gasteiger partial charge in [0.2, 0.25) is 0 Å². The molecule has 0 heterocycles. The molecule has 0 aliphatic heterocycles. The molecule has 0 aromatic heterocycles. The van der Waals surface area contributed by atoms with Crippen LogP contribution in [0, 0.1) is 0 Å². The Labute approximate surface area is 109 Å². The zero-order valence-corrected chi connectivity index (χ0v) is 14.7. The molecule has 0 bridgehead atoms. The molecule has 104 valence electrons. The van der Waals surface area contributed by atoms with Gasteiger partial charge in [-0.3, -0.25) is 14.5 Å². The van der Waals surface area contributed by atoms with Crippen molar-refractivity contribution in [1.29, 1.82) is 0 Å². The van der Waals surface area contributed by atoms with Crippen LogP contribution in [0.25, 0.3) is 0 Å². The van der Waals surface area contributed by atoms with E-state index >= 15 is 0 Å². The molecule has 0 spiro atoms. The van der Waals surface area contributed by atoms with Crippen molar-refractivity contribution in [2.45, 2.75) is 40.4 Å². The van der Waals surface area contributed by atoms with Crippen LogP contribution in [0.3, 0.4) is 0 Å². The molecule has 0 aliphatic carbocycles. The van der Waals surface area contributed by atoms with Gasteiger partial charge in [-0.15, -0.1) is 0 Å². The van der Waals surface area contributed by atoms with Crippen LogP contribution < -0.4 is 9.96 Å². The van der Waals surface area contributed by atoms with Crippen molar-refractivity contribution < 1.29 is 4.43 Å². The first-order valence-electron chi connectivity index (χ1n) is 6.66. The van der Waals surface area contributed by atoms with Crippen LogP contribution in [-0.2, 0) is 4.43 Å². The van der Waals surface area contributed by atoms with Crippen molar-refractivity contribution in [2.75, 3.05) is 32.9 Å². The zero-order chi connectivity index (χ0) is 13.5. The van der Waals surface area contributed by atoms with E-state index in [1.165, 1.54) is 0 Å². The van der Waals surface area contributed by atoms with Crippen LogP contribution >= 0.6 is 0 Å². The van der Waals surface area contributed by atoms with E-state index in [1.54, 1.807) is 0 Å². The highest BCUT2D eigenvalue weighted by molar-refractivity contribution is 6.78. The van der Waals surface area contributed by atoms with Crippen LogP contribution in [-0.4, -0.2) is 54.4 Å². The van der Waals surface area contributed by atoms with Crippen molar-refractivity contribution in [3.8, 4) is 0 Å². The molecule has 0 aliphatic rings. The molecule has 0 fully saturated rings. The summed E-state index contributed by atoms with van der Waals surface area (Å²) >= 11 is 0. The molecular weight excluding hydrogens is 246 g/mol. The lowest BCUT2D eigenvalue weighted by Crippen LogP contribution is -2.75. The Bertz CT molecular complexity index is 203. The van der Waals surface area contributed by atoms with Gasteiger partial charge in [0.1, 0.15) is 0 Å². The van der Waals surface area contributed by atoms with E-state index in [2.05, 4.69) is 62.0 Å². The van der Waals surface area contributed by atoms with Gasteiger partial charge in [-0.05, 0) is 33.2 Å². The van der Waals surface area contributed by atoms with E-state index in [9.17, 15) is 0 Å². The number of nitrogens with one attached hydrogen (secondary N) is 2. The van der Waals surface area contributed by atoms with Gasteiger partial charge < -0.3 is 4.43 Å². The molecule has 0 saturated carbocycles. The Balaban J connectivity index is 4.76. The summed E-state index contributed by atoms with van der Waals surface area (Å²) in [5, 5.41) is 0. The number of nitrogens with zero attached hydrogens (tertiary/aromatic N) is 1. The lowest BCUT2D eigenvalue weighted by atomic mass is 10.8. The minimum Gasteiger partial charge on any atom is -0.380 e. The Morgan fingerprint density at radius 3 is 2.00 bits per heavy atom. The first kappa shape index (κ1) is 17.3. The van der Waals surface area contributed by atoms with Gasteiger partial charge >= 0.3 is 8.80 Å². The highest BCUT2D eigenvalue weighted by atomic mass is 28.4. The maximum absolute atomic E-state index is 6.08. The van der Waals surface area contributed by atoms with Crippen molar-refractivity contribution in [3.05, 3.63) is 0 Å². The summed E-state index contributed by atoms with van der Waals surface area (Å²) < 4.78 is 8.40. The Hall–Kier alpha value is 0.274. The molecule has 0 aromatic carbocycles. The van der Waals surface area contributed by atoms with E-state index in [0.717, 1.165) is 25.9 Å². The summed E-state index contributed by atoms with van der Waals surface area (Å²) in [6.45, 7) is 16.2. The van der Waals surface area contributed by atoms with Gasteiger partial charge in [-0.1, -0.05) is 33.5 Å². The summed E-state index contributed by atoms with van der Waals surface area (Å²) in [5.41, 5.74) is 0. The highest BCUT2D eigenvalue weighted by Gasteiger charge is 2.41. The maximum Gasteiger partial charge on any atom is 0.442 e. The predicted octanol–water partition coefficient (Wildman–Crippen LogP) is 1.49. The van der Waals surface area contributed by atoms with E-state index in [-0.39, 0.29) is 0 Å². The van der Waals surface area contributed by atoms with Gasteiger partial charge in [0.25, 0.3) is 0 Å². The quantitative estimate of drug-likeness (QED) is 0.626. The summed E-state index contributed by atoms with van der Waals surface area (Å²) in [7, 11) is -1.11. The monoisotopic (exact) mass is 277 g/mol. The van der Waals surface area contributed by atoms with E-state index in [4.69, 9.17) is 4.43 Å². The van der Waals surface area contributed by atoms with Gasteiger partial charge in [0, 0.05) is 6.61 Å². The fourth-order valence-corrected chi connectivity index (χ4v) is 7.11. The maximum atomic E-state index is 6.08. The summed E-state index contributed by atoms with van der Waals surface area (Å²) in [6.07, 6.45) is 1.09. The standard InChI is InChI=1S/C11H31N3OSi2/c1-8-12-17(15-10-3,14(4)9-2)13-11-16(5,6)7/h12-13H,8-11H2,1-7H3. The van der Waals surface area contributed by atoms with Crippen LogP contribution in [0.4, 0.5) is 0 Å². The molecule has 0 saturated heterocycles. The van der Waals surface area contributed by atoms with Crippen LogP contribution in [0.1, 0.15) is 20.8 Å². The van der Waals surface area contributed by atoms with Crippen LogP contribution in [0.15, 0.2) is 0 Å². The zero-order valence-electron chi connectivity index (χ0n) is 12.7. The molecule has 0 rings (SSSR count). The number of rotatable bonds is 9. The number of hydrogen-bond acceptors (Lipinski definition) is 4. The fraction of sp³-hybridized carbons (Fsp3) is 1.00. The number of hydrogen-bond donors (Lipinski definition) is 2. The third-order valence-corrected chi connectivity index (χ3v) is 7.82. The van der Waals surface area contributed by atoms with Crippen molar-refractivity contribution in [2.24, 2.45) is 0 Å². The molecule has 2 N–H and O–H groups in total. The van der Waals surface area contributed by atoms with E-state index in [1.807, 2.05) is 0 Å². The van der Waals surface area contributed by atoms with Crippen LogP contribution in [0.5, 0.6) is 0 Å². The molecule has 1 unspecified atom stereocenters. The second-order valence-electron chi connectivity index (χ2n) is 5.54. The second kappa shape index (κ2) is 7.65. The van der Waals surface area contributed by atoms with Crippen molar-refractivity contribution in [1.82, 2.24) is 14.5 Å². The van der Waals surface area contributed by atoms with Crippen LogP contribution in [0.2, 0.25) is 19.6 Å². The van der Waals surface area contributed by atoms with Crippen molar-refractivity contribution >= 4 is 16.9 Å². The highest BCUT2D eigenvalue weighted by Crippen LogP contribution is 2.06. The Kier molecular flexibility index (Phi) is 7.78. The summed E-state index contributed by atoms with van der Waals surface area (Å²) in [6, 6.07) is 0. The Morgan fingerprint density at radius 2 is 1.65 bits per heavy atom. The second-order valence-corrected chi connectivity index (χ2v) is 14.1. The normalized spacial score (nSPS) is 16.2. The summed E-state index contributed by atoms with van der Waals surface area (Å²) in [5.74, 6) is 0. The summed E-state index contributed by atoms with van der Waals surface area (Å²) in [4.78, 5) is 7.29. The van der Waals surface area contributed by atoms with Gasteiger partial charge in [-0.2, -0.15) is 0 Å². The predicted molar refractivity (Wildman–Crippen MR) is 80.7 cm³/mol. The molecule has 0 radical (unpaired) electrons. The molecule has 4 nitrogen and oxygen atoms in total. The SMILES string of the molecule is CCN[Si](NC[Si](C)(C)C)(OCC)N(C)CC. The third-order valence-electron chi connectivity index (χ3n) is 2.64. The molecule has 1 atom stereocenters. The molecule has 6 heteroatoms. The van der Waals surface area contributed by atoms with Crippen molar-refractivity contribution in [3.63, 3.8) is 0 Å². The first-order valence-corrected chi connectivity index (χ1v) is 12.2. The minimum absolute atomic E-state index is 0.752. The minimum atomic E-state index is -2.14. The smallest absolute Gasteiger partial charge is 0.380 e. The lowest BCUT2D eigenvalue weighted by Gasteiger charge is -2.39. The first-order chi connectivity index (χ1) is 7.81. The van der Waals surface area contributed by atoms with Gasteiger partial charge in [0.15, 0.2) is 0 Å². The van der Waals surface area contributed by atoms with E-state index in [0.29, 0.717) is 0 Å². The van der Waals surface area contributed by atoms with E-state index < -0.39 is 16.9 Å². The Morgan fingerprint density at radius 1 is 1.06 bits per heavy atom. The molecule has 17 heavy (non-hydrogen) atoms. The fourth-order valence-electron chi connectivity index (χ4n) is 1.60. The largest absolute Gasteiger partial charge is 0.442 e. The average Bonchev–Trinajstić information content (AvgIpc) is 2.24. The third kappa shape index (κ3) is 6.12. The molecular formula is C11H31N3OSi2. The van der Waals surface area contributed by atoms with Gasteiger partial charge in [0.05, 0.1) is 8.07 Å².